The van der Waals surface area contributed by atoms with Crippen LogP contribution in [0.1, 0.15) is 65.5 Å². The third kappa shape index (κ3) is 15.7. The molecule has 3 rings (SSSR count). The zero-order chi connectivity index (χ0) is 45.1. The molecule has 3 heterocycles. The monoisotopic (exact) mass is 937 g/mol. The highest BCUT2D eigenvalue weighted by molar-refractivity contribution is 8.13. The number of carboxylic acids is 1. The lowest BCUT2D eigenvalue weighted by atomic mass is 9.87. The first kappa shape index (κ1) is 51.4. The van der Waals surface area contributed by atoms with Crippen molar-refractivity contribution in [3.05, 3.63) is 12.7 Å². The molecule has 0 spiro atoms. The topological polar surface area (TPSA) is 401 Å². The van der Waals surface area contributed by atoms with E-state index >= 15 is 0 Å². The fourth-order valence-electron chi connectivity index (χ4n) is 5.50. The second-order valence-corrected chi connectivity index (χ2v) is 19.3. The Bertz CT molecular complexity index is 1950. The number of carbonyl (C=O) groups excluding carboxylic acids is 3. The third-order valence-corrected chi connectivity index (χ3v) is 12.8. The highest BCUT2D eigenvalue weighted by Crippen LogP contribution is 2.61. The highest BCUT2D eigenvalue weighted by atomic mass is 32.2. The van der Waals surface area contributed by atoms with Crippen molar-refractivity contribution in [1.29, 1.82) is 0 Å². The van der Waals surface area contributed by atoms with E-state index in [4.69, 9.17) is 19.5 Å². The molecule has 11 N–H and O–H groups in total. The SMILES string of the molecule is CCCCCCC(C(=O)O)C(=O)SCCNC(=O)CCNC(=O)C(O)C(C)(C)COP(=O)(O)OP(=O)(O)OCC1OC(n2cnc3c(N)ncnc32)C(O)C1OP(=O)(O)O. The van der Waals surface area contributed by atoms with Crippen LogP contribution in [0.5, 0.6) is 0 Å². The second kappa shape index (κ2) is 22.4. The minimum absolute atomic E-state index is 0.0195. The maximum absolute atomic E-state index is 12.7. The predicted octanol–water partition coefficient (Wildman–Crippen LogP) is 0.336. The lowest BCUT2D eigenvalue weighted by Crippen LogP contribution is -2.46. The first-order chi connectivity index (χ1) is 27.9. The molecule has 8 atom stereocenters. The number of carboxylic acid groups (broad SMARTS) is 1. The van der Waals surface area contributed by atoms with Gasteiger partial charge >= 0.3 is 29.4 Å². The number of nitrogens with one attached hydrogen (secondary N) is 2. The summed E-state index contributed by atoms with van der Waals surface area (Å²) in [7, 11) is -16.5. The van der Waals surface area contributed by atoms with Crippen molar-refractivity contribution in [1.82, 2.24) is 30.2 Å². The summed E-state index contributed by atoms with van der Waals surface area (Å²) in [4.78, 5) is 99.6. The standard InChI is InChI=1S/C30H50N7O19P3S/c1-4-5-6-7-8-17(28(42)43)29(44)60-12-11-32-19(38)9-10-33-26(41)23(40)30(2,3)14-53-59(50,51)56-58(48,49)52-13-18-22(55-57(45,46)47)21(39)27(54-18)37-16-36-20-24(31)34-15-35-25(20)37/h15-18,21-23,27,39-40H,4-14H2,1-3H3,(H,32,38)(H,33,41)(H,42,43)(H,48,49)(H,50,51)(H2,31,34,35)(H2,45,46,47). The van der Waals surface area contributed by atoms with Crippen molar-refractivity contribution < 1.29 is 90.4 Å². The van der Waals surface area contributed by atoms with Gasteiger partial charge in [-0.3, -0.25) is 37.3 Å². The van der Waals surface area contributed by atoms with Gasteiger partial charge in [-0.1, -0.05) is 58.2 Å². The summed E-state index contributed by atoms with van der Waals surface area (Å²) in [6, 6.07) is 0. The number of rotatable bonds is 26. The van der Waals surface area contributed by atoms with E-state index < -0.39 is 102 Å². The summed E-state index contributed by atoms with van der Waals surface area (Å²) in [6.07, 6.45) is -3.57. The van der Waals surface area contributed by atoms with Gasteiger partial charge in [-0.15, -0.1) is 0 Å². The molecule has 2 aromatic heterocycles. The van der Waals surface area contributed by atoms with Crippen molar-refractivity contribution in [3.63, 3.8) is 0 Å². The van der Waals surface area contributed by atoms with Gasteiger partial charge in [0, 0.05) is 30.7 Å². The molecule has 2 aromatic rings. The van der Waals surface area contributed by atoms with Crippen LogP contribution in [0, 0.1) is 11.3 Å². The molecule has 8 unspecified atom stereocenters. The van der Waals surface area contributed by atoms with Gasteiger partial charge in [-0.2, -0.15) is 4.31 Å². The van der Waals surface area contributed by atoms with Crippen LogP contribution in [0.2, 0.25) is 0 Å². The molecule has 340 valence electrons. The van der Waals surface area contributed by atoms with E-state index in [-0.39, 0.29) is 48.7 Å². The van der Waals surface area contributed by atoms with Crippen LogP contribution in [0.25, 0.3) is 11.2 Å². The van der Waals surface area contributed by atoms with Crippen LogP contribution < -0.4 is 16.4 Å². The number of nitrogens with two attached hydrogens (primary N) is 1. The Kier molecular flexibility index (Phi) is 19.2. The molecule has 60 heavy (non-hydrogen) atoms. The van der Waals surface area contributed by atoms with Crippen LogP contribution in [0.3, 0.4) is 0 Å². The van der Waals surface area contributed by atoms with Gasteiger partial charge in [0.05, 0.1) is 19.5 Å². The molecule has 0 aromatic carbocycles. The Labute approximate surface area is 346 Å². The van der Waals surface area contributed by atoms with E-state index in [1.165, 1.54) is 13.8 Å². The lowest BCUT2D eigenvalue weighted by molar-refractivity contribution is -0.144. The third-order valence-electron chi connectivity index (χ3n) is 8.68. The number of amides is 2. The van der Waals surface area contributed by atoms with Crippen molar-refractivity contribution in [2.45, 2.75) is 89.9 Å². The molecule has 1 aliphatic rings. The van der Waals surface area contributed by atoms with E-state index in [1.807, 2.05) is 6.92 Å². The van der Waals surface area contributed by atoms with E-state index in [1.54, 1.807) is 0 Å². The van der Waals surface area contributed by atoms with Gasteiger partial charge < -0.3 is 56.0 Å². The number of aliphatic hydroxyl groups excluding tert-OH is 2. The van der Waals surface area contributed by atoms with E-state index in [9.17, 15) is 67.8 Å². The number of thioether (sulfide) groups is 1. The summed E-state index contributed by atoms with van der Waals surface area (Å²) in [5.41, 5.74) is 4.20. The fourth-order valence-corrected chi connectivity index (χ4v) is 9.15. The van der Waals surface area contributed by atoms with Crippen LogP contribution in [-0.2, 0) is 55.5 Å². The number of aliphatic hydroxyl groups is 2. The van der Waals surface area contributed by atoms with Gasteiger partial charge in [0.1, 0.15) is 42.2 Å². The average Bonchev–Trinajstić information content (AvgIpc) is 3.71. The summed E-state index contributed by atoms with van der Waals surface area (Å²) in [6.45, 7) is 2.16. The predicted molar refractivity (Wildman–Crippen MR) is 207 cm³/mol. The van der Waals surface area contributed by atoms with Crippen molar-refractivity contribution in [2.24, 2.45) is 11.3 Å². The first-order valence-electron chi connectivity index (χ1n) is 18.2. The second-order valence-electron chi connectivity index (χ2n) is 14.0. The number of imidazole rings is 1. The Morgan fingerprint density at radius 3 is 2.35 bits per heavy atom. The van der Waals surface area contributed by atoms with E-state index in [0.29, 0.717) is 6.42 Å². The fraction of sp³-hybridized carbons (Fsp3) is 0.700. The Morgan fingerprint density at radius 2 is 1.70 bits per heavy atom. The number of unbranched alkanes of at least 4 members (excludes halogenated alkanes) is 3. The largest absolute Gasteiger partial charge is 0.481 e. The number of nitrogen functional groups attached to an aromatic ring is 1. The molecular weight excluding hydrogens is 887 g/mol. The van der Waals surface area contributed by atoms with Gasteiger partial charge in [0.25, 0.3) is 0 Å². The Morgan fingerprint density at radius 1 is 1.02 bits per heavy atom. The molecule has 26 nitrogen and oxygen atoms in total. The summed E-state index contributed by atoms with van der Waals surface area (Å²) < 4.78 is 62.1. The number of aromatic nitrogens is 4. The number of anilines is 1. The van der Waals surface area contributed by atoms with Crippen molar-refractivity contribution in [3.8, 4) is 0 Å². The molecule has 0 aliphatic carbocycles. The van der Waals surface area contributed by atoms with Crippen molar-refractivity contribution >= 4 is 75.1 Å². The number of phosphoric acid groups is 3. The Balaban J connectivity index is 1.46. The van der Waals surface area contributed by atoms with E-state index in [0.717, 1.165) is 48.2 Å². The zero-order valence-electron chi connectivity index (χ0n) is 32.5. The molecule has 2 amide bonds. The summed E-state index contributed by atoms with van der Waals surface area (Å²) in [5, 5.41) is 35.2. The number of hydrogen-bond donors (Lipinski definition) is 10. The van der Waals surface area contributed by atoms with E-state index in [2.05, 4.69) is 34.4 Å². The number of carbonyl (C=O) groups is 4. The maximum Gasteiger partial charge on any atom is 0.481 e. The van der Waals surface area contributed by atoms with Crippen LogP contribution in [-0.4, -0.2) is 134 Å². The molecule has 0 saturated carbocycles. The minimum atomic E-state index is -5.60. The Hall–Kier alpha value is -2.97. The number of aliphatic carboxylic acids is 1. The number of ether oxygens (including phenoxy) is 1. The van der Waals surface area contributed by atoms with Crippen LogP contribution in [0.15, 0.2) is 12.7 Å². The summed E-state index contributed by atoms with van der Waals surface area (Å²) in [5.74, 6) is -3.83. The maximum atomic E-state index is 12.7. The molecule has 1 aliphatic heterocycles. The molecule has 1 fully saturated rings. The smallest absolute Gasteiger partial charge is 0.481 e. The van der Waals surface area contributed by atoms with Gasteiger partial charge in [0.15, 0.2) is 17.7 Å². The zero-order valence-corrected chi connectivity index (χ0v) is 36.0. The quantitative estimate of drug-likeness (QED) is 0.0345. The number of nitrogens with zero attached hydrogens (tertiary/aromatic N) is 4. The summed E-state index contributed by atoms with van der Waals surface area (Å²) >= 11 is 0.790. The van der Waals surface area contributed by atoms with Crippen molar-refractivity contribution in [2.75, 3.05) is 37.8 Å². The molecule has 0 bridgehead atoms. The molecular formula is C30H50N7O19P3S. The number of phosphoric ester groups is 3. The highest BCUT2D eigenvalue weighted by Gasteiger charge is 2.50. The molecule has 0 radical (unpaired) electrons. The lowest BCUT2D eigenvalue weighted by Gasteiger charge is -2.30. The van der Waals surface area contributed by atoms with Crippen LogP contribution >= 0.6 is 35.2 Å². The van der Waals surface area contributed by atoms with Gasteiger partial charge in [-0.25, -0.2) is 28.6 Å². The van der Waals surface area contributed by atoms with Crippen LogP contribution in [0.4, 0.5) is 5.82 Å². The van der Waals surface area contributed by atoms with Gasteiger partial charge in [-0.05, 0) is 6.42 Å². The van der Waals surface area contributed by atoms with Gasteiger partial charge in [0.2, 0.25) is 16.9 Å². The minimum Gasteiger partial charge on any atom is -0.481 e. The molecule has 30 heteroatoms. The average molecular weight is 938 g/mol. The number of fused-ring (bicyclic) bond motifs is 1. The first-order valence-corrected chi connectivity index (χ1v) is 23.7. The normalized spacial score (nSPS) is 21.5. The number of hydrogen-bond acceptors (Lipinski definition) is 19. The molecule has 1 saturated heterocycles.